The lowest BCUT2D eigenvalue weighted by Gasteiger charge is -2.33. The van der Waals surface area contributed by atoms with Gasteiger partial charge in [-0.05, 0) is 30.5 Å². The molecule has 0 spiro atoms. The molecule has 106 valence electrons. The molecule has 2 N–H and O–H groups in total. The first-order chi connectivity index (χ1) is 8.99. The van der Waals surface area contributed by atoms with Crippen molar-refractivity contribution in [2.75, 3.05) is 13.1 Å². The van der Waals surface area contributed by atoms with Crippen molar-refractivity contribution >= 4 is 0 Å². The number of hydrogen-bond acceptors (Lipinski definition) is 2. The molecule has 5 heteroatoms. The molecule has 0 aromatic heterocycles. The van der Waals surface area contributed by atoms with Crippen LogP contribution in [0, 0.1) is 5.92 Å². The average Bonchev–Trinajstić information content (AvgIpc) is 2.38. The fourth-order valence-electron chi connectivity index (χ4n) is 2.58. The monoisotopic (exact) mass is 272 g/mol. The summed E-state index contributed by atoms with van der Waals surface area (Å²) in [6.45, 7) is 1.87. The molecule has 1 unspecified atom stereocenters. The van der Waals surface area contributed by atoms with Gasteiger partial charge in [0.25, 0.3) is 0 Å². The molecule has 0 saturated carbocycles. The molecule has 0 bridgehead atoms. The van der Waals surface area contributed by atoms with Crippen LogP contribution >= 0.6 is 0 Å². The highest BCUT2D eigenvalue weighted by Gasteiger charge is 2.41. The third-order valence-corrected chi connectivity index (χ3v) is 3.60. The smallest absolute Gasteiger partial charge is 0.326 e. The number of benzene rings is 1. The number of likely N-dealkylation sites (tertiary alicyclic amines) is 1. The van der Waals surface area contributed by atoms with Gasteiger partial charge in [-0.1, -0.05) is 24.3 Å². The van der Waals surface area contributed by atoms with E-state index in [-0.39, 0.29) is 13.0 Å². The van der Waals surface area contributed by atoms with E-state index in [2.05, 4.69) is 0 Å². The summed E-state index contributed by atoms with van der Waals surface area (Å²) in [5.74, 6) is -1.18. The number of hydrogen-bond donors (Lipinski definition) is 1. The van der Waals surface area contributed by atoms with Gasteiger partial charge in [-0.2, -0.15) is 13.2 Å². The van der Waals surface area contributed by atoms with Crippen molar-refractivity contribution < 1.29 is 13.2 Å². The lowest BCUT2D eigenvalue weighted by atomic mass is 9.97. The molecule has 1 aromatic carbocycles. The Morgan fingerprint density at radius 3 is 2.68 bits per heavy atom. The second-order valence-corrected chi connectivity index (χ2v) is 5.14. The summed E-state index contributed by atoms with van der Waals surface area (Å²) in [5, 5.41) is 0. The second-order valence-electron chi connectivity index (χ2n) is 5.14. The third-order valence-electron chi connectivity index (χ3n) is 3.60. The highest BCUT2D eigenvalue weighted by molar-refractivity contribution is 5.23. The Labute approximate surface area is 111 Å². The zero-order valence-electron chi connectivity index (χ0n) is 10.8. The molecule has 1 heterocycles. The number of nitrogens with zero attached hydrogens (tertiary/aromatic N) is 1. The maximum absolute atomic E-state index is 12.7. The Balaban J connectivity index is 1.98. The molecule has 0 radical (unpaired) electrons. The van der Waals surface area contributed by atoms with Crippen molar-refractivity contribution in [1.82, 2.24) is 4.90 Å². The Morgan fingerprint density at radius 1 is 1.26 bits per heavy atom. The fraction of sp³-hybridized carbons (Fsp3) is 0.571. The number of halogens is 3. The minimum Gasteiger partial charge on any atom is -0.326 e. The Hall–Kier alpha value is -1.07. The van der Waals surface area contributed by atoms with Gasteiger partial charge in [-0.15, -0.1) is 0 Å². The summed E-state index contributed by atoms with van der Waals surface area (Å²) in [5.41, 5.74) is 7.62. The van der Waals surface area contributed by atoms with E-state index in [9.17, 15) is 13.2 Å². The Morgan fingerprint density at radius 2 is 2.00 bits per heavy atom. The molecule has 1 aliphatic rings. The largest absolute Gasteiger partial charge is 0.393 e. The van der Waals surface area contributed by atoms with E-state index in [4.69, 9.17) is 5.73 Å². The first kappa shape index (κ1) is 14.3. The molecule has 1 aliphatic heterocycles. The standard InChI is InChI=1S/C14H19F3N2/c15-14(16,17)13-5-2-6-19(10-13)9-12-4-1-3-11(7-12)8-18/h1,3-4,7,13H,2,5-6,8-10,18H2. The number of alkyl halides is 3. The molecule has 2 nitrogen and oxygen atoms in total. The summed E-state index contributed by atoms with van der Waals surface area (Å²) in [4.78, 5) is 1.89. The maximum Gasteiger partial charge on any atom is 0.393 e. The van der Waals surface area contributed by atoms with Crippen molar-refractivity contribution in [3.63, 3.8) is 0 Å². The predicted octanol–water partition coefficient (Wildman–Crippen LogP) is 2.92. The molecule has 1 atom stereocenters. The molecule has 0 amide bonds. The van der Waals surface area contributed by atoms with E-state index in [1.807, 2.05) is 29.2 Å². The number of rotatable bonds is 3. The Kier molecular flexibility index (Phi) is 4.47. The summed E-state index contributed by atoms with van der Waals surface area (Å²) >= 11 is 0. The highest BCUT2D eigenvalue weighted by atomic mass is 19.4. The average molecular weight is 272 g/mol. The van der Waals surface area contributed by atoms with Crippen LogP contribution in [0.1, 0.15) is 24.0 Å². The summed E-state index contributed by atoms with van der Waals surface area (Å²) in [6.07, 6.45) is -3.21. The molecule has 0 aliphatic carbocycles. The van der Waals surface area contributed by atoms with Crippen molar-refractivity contribution in [2.45, 2.75) is 32.1 Å². The van der Waals surface area contributed by atoms with Gasteiger partial charge in [0.1, 0.15) is 0 Å². The van der Waals surface area contributed by atoms with Crippen LogP contribution in [0.5, 0.6) is 0 Å². The predicted molar refractivity (Wildman–Crippen MR) is 68.4 cm³/mol. The zero-order chi connectivity index (χ0) is 13.9. The van der Waals surface area contributed by atoms with Crippen LogP contribution in [0.4, 0.5) is 13.2 Å². The van der Waals surface area contributed by atoms with Crippen molar-refractivity contribution in [1.29, 1.82) is 0 Å². The van der Waals surface area contributed by atoms with E-state index in [1.54, 1.807) is 0 Å². The molecule has 1 aromatic rings. The van der Waals surface area contributed by atoms with Crippen LogP contribution in [0.3, 0.4) is 0 Å². The van der Waals surface area contributed by atoms with Crippen molar-refractivity contribution in [3.8, 4) is 0 Å². The first-order valence-corrected chi connectivity index (χ1v) is 6.56. The lowest BCUT2D eigenvalue weighted by Crippen LogP contribution is -2.41. The Bertz CT molecular complexity index is 417. The molecule has 1 saturated heterocycles. The SMILES string of the molecule is NCc1cccc(CN2CCCC(C(F)(F)F)C2)c1. The summed E-state index contributed by atoms with van der Waals surface area (Å²) in [7, 11) is 0. The summed E-state index contributed by atoms with van der Waals surface area (Å²) in [6, 6.07) is 7.74. The fourth-order valence-corrected chi connectivity index (χ4v) is 2.58. The van der Waals surface area contributed by atoms with Crippen LogP contribution < -0.4 is 5.73 Å². The maximum atomic E-state index is 12.7. The van der Waals surface area contributed by atoms with Crippen LogP contribution in [0.2, 0.25) is 0 Å². The minimum absolute atomic E-state index is 0.107. The van der Waals surface area contributed by atoms with Gasteiger partial charge in [0, 0.05) is 19.6 Å². The quantitative estimate of drug-likeness (QED) is 0.916. The zero-order valence-corrected chi connectivity index (χ0v) is 10.8. The van der Waals surface area contributed by atoms with E-state index in [0.29, 0.717) is 19.5 Å². The van der Waals surface area contributed by atoms with Gasteiger partial charge in [-0.25, -0.2) is 0 Å². The van der Waals surface area contributed by atoms with Gasteiger partial charge in [0.15, 0.2) is 0 Å². The molecule has 1 fully saturated rings. The number of piperidine rings is 1. The molecule has 19 heavy (non-hydrogen) atoms. The summed E-state index contributed by atoms with van der Waals surface area (Å²) < 4.78 is 38.2. The van der Waals surface area contributed by atoms with E-state index in [1.165, 1.54) is 0 Å². The van der Waals surface area contributed by atoms with Crippen molar-refractivity contribution in [2.24, 2.45) is 11.7 Å². The first-order valence-electron chi connectivity index (χ1n) is 6.56. The van der Waals surface area contributed by atoms with Crippen LogP contribution in [-0.2, 0) is 13.1 Å². The third kappa shape index (κ3) is 3.94. The van der Waals surface area contributed by atoms with E-state index < -0.39 is 12.1 Å². The van der Waals surface area contributed by atoms with E-state index >= 15 is 0 Å². The topological polar surface area (TPSA) is 29.3 Å². The molecular formula is C14H19F3N2. The van der Waals surface area contributed by atoms with Gasteiger partial charge in [0.2, 0.25) is 0 Å². The molecular weight excluding hydrogens is 253 g/mol. The van der Waals surface area contributed by atoms with E-state index in [0.717, 1.165) is 17.7 Å². The van der Waals surface area contributed by atoms with Gasteiger partial charge in [0.05, 0.1) is 5.92 Å². The second kappa shape index (κ2) is 5.92. The van der Waals surface area contributed by atoms with Crippen LogP contribution in [0.25, 0.3) is 0 Å². The van der Waals surface area contributed by atoms with Gasteiger partial charge >= 0.3 is 6.18 Å². The van der Waals surface area contributed by atoms with Gasteiger partial charge < -0.3 is 5.73 Å². The van der Waals surface area contributed by atoms with Gasteiger partial charge in [-0.3, -0.25) is 4.90 Å². The highest BCUT2D eigenvalue weighted by Crippen LogP contribution is 2.33. The lowest BCUT2D eigenvalue weighted by molar-refractivity contribution is -0.187. The van der Waals surface area contributed by atoms with Crippen LogP contribution in [-0.4, -0.2) is 24.2 Å². The van der Waals surface area contributed by atoms with Crippen LogP contribution in [0.15, 0.2) is 24.3 Å². The van der Waals surface area contributed by atoms with Crippen molar-refractivity contribution in [3.05, 3.63) is 35.4 Å². The molecule has 2 rings (SSSR count). The normalized spacial score (nSPS) is 21.6. The number of nitrogens with two attached hydrogens (primary N) is 1. The minimum atomic E-state index is -4.07.